The van der Waals surface area contributed by atoms with Crippen molar-refractivity contribution in [2.75, 3.05) is 12.4 Å². The molecule has 1 atom stereocenters. The molecule has 1 aliphatic carbocycles. The number of rotatable bonds is 6. The van der Waals surface area contributed by atoms with Crippen LogP contribution in [0.1, 0.15) is 91.1 Å². The van der Waals surface area contributed by atoms with E-state index in [1.54, 1.807) is 0 Å². The summed E-state index contributed by atoms with van der Waals surface area (Å²) in [5.41, 5.74) is 5.88. The van der Waals surface area contributed by atoms with Gasteiger partial charge in [-0.2, -0.15) is 0 Å². The Morgan fingerprint density at radius 3 is 2.43 bits per heavy atom. The number of aromatic nitrogens is 1. The molecule has 2 aromatic carbocycles. The third-order valence-corrected chi connectivity index (χ3v) is 10.6. The summed E-state index contributed by atoms with van der Waals surface area (Å²) in [7, 11) is 1.40. The monoisotopic (exact) mass is 646 g/mol. The number of hydrogen-bond donors (Lipinski definition) is 1. The van der Waals surface area contributed by atoms with Gasteiger partial charge in [0, 0.05) is 20.3 Å². The van der Waals surface area contributed by atoms with Crippen LogP contribution >= 0.6 is 27.3 Å². The van der Waals surface area contributed by atoms with E-state index in [0.717, 1.165) is 57.9 Å². The largest absolute Gasteiger partial charge is 0.465 e. The van der Waals surface area contributed by atoms with Gasteiger partial charge in [-0.15, -0.1) is 11.3 Å². The maximum atomic E-state index is 14.1. The molecule has 1 unspecified atom stereocenters. The second kappa shape index (κ2) is 11.6. The predicted molar refractivity (Wildman–Crippen MR) is 177 cm³/mol. The number of ether oxygens (including phenoxy) is 1. The average Bonchev–Trinajstić information content (AvgIpc) is 3.32. The third kappa shape index (κ3) is 5.91. The highest BCUT2D eigenvalue weighted by atomic mass is 79.9. The minimum absolute atomic E-state index is 0.0379. The summed E-state index contributed by atoms with van der Waals surface area (Å²) in [4.78, 5) is 33.2. The molecule has 1 amide bonds. The Balaban J connectivity index is 1.56. The van der Waals surface area contributed by atoms with E-state index in [-0.39, 0.29) is 16.7 Å². The molecular formula is C35H39BrN2O3S. The number of fused-ring (bicyclic) bond motifs is 2. The predicted octanol–water partition coefficient (Wildman–Crippen LogP) is 9.60. The molecule has 0 aliphatic heterocycles. The highest BCUT2D eigenvalue weighted by Crippen LogP contribution is 2.46. The van der Waals surface area contributed by atoms with Crippen LogP contribution in [-0.4, -0.2) is 24.0 Å². The lowest BCUT2D eigenvalue weighted by Crippen LogP contribution is -2.28. The van der Waals surface area contributed by atoms with Gasteiger partial charge >= 0.3 is 5.97 Å². The van der Waals surface area contributed by atoms with Gasteiger partial charge in [0.25, 0.3) is 5.91 Å². The quantitative estimate of drug-likeness (QED) is 0.212. The zero-order valence-electron chi connectivity index (χ0n) is 25.5. The van der Waals surface area contributed by atoms with Crippen molar-refractivity contribution in [2.24, 2.45) is 11.3 Å². The minimum atomic E-state index is -0.405. The summed E-state index contributed by atoms with van der Waals surface area (Å²) in [6.45, 7) is 13.4. The van der Waals surface area contributed by atoms with Crippen LogP contribution in [0.2, 0.25) is 0 Å². The molecular weight excluding hydrogens is 608 g/mol. The number of carbonyl (C=O) groups is 2. The Morgan fingerprint density at radius 1 is 1.07 bits per heavy atom. The molecule has 0 saturated carbocycles. The van der Waals surface area contributed by atoms with Crippen molar-refractivity contribution in [1.29, 1.82) is 0 Å². The summed E-state index contributed by atoms with van der Waals surface area (Å²) in [6.07, 6.45) is 3.82. The first kappa shape index (κ1) is 30.4. The highest BCUT2D eigenvalue weighted by Gasteiger charge is 2.36. The van der Waals surface area contributed by atoms with E-state index in [0.29, 0.717) is 22.0 Å². The van der Waals surface area contributed by atoms with E-state index < -0.39 is 5.97 Å². The van der Waals surface area contributed by atoms with Gasteiger partial charge in [-0.3, -0.25) is 4.79 Å². The van der Waals surface area contributed by atoms with E-state index in [1.165, 1.54) is 28.9 Å². The number of halogens is 1. The molecule has 1 N–H and O–H groups in total. The SMILES string of the molecule is CCC(C)(C)C1CCc2c(sc(NC(=O)c3cc(-c4ccc(C(C)(C)C)cc4)nc4ccc(Br)cc34)c2C(=O)OC)C1. The molecule has 0 bridgehead atoms. The number of hydrogen-bond acceptors (Lipinski definition) is 5. The lowest BCUT2D eigenvalue weighted by Gasteiger charge is -2.36. The van der Waals surface area contributed by atoms with Gasteiger partial charge in [0.05, 0.1) is 29.4 Å². The first-order chi connectivity index (χ1) is 19.8. The fourth-order valence-electron chi connectivity index (χ4n) is 5.79. The molecule has 220 valence electrons. The number of nitrogens with one attached hydrogen (secondary N) is 1. The molecule has 0 radical (unpaired) electrons. The van der Waals surface area contributed by atoms with Crippen LogP contribution in [0.25, 0.3) is 22.2 Å². The number of nitrogens with zero attached hydrogens (tertiary/aromatic N) is 1. The number of anilines is 1. The molecule has 2 aromatic heterocycles. The van der Waals surface area contributed by atoms with E-state index in [9.17, 15) is 9.59 Å². The van der Waals surface area contributed by atoms with Crippen molar-refractivity contribution in [3.63, 3.8) is 0 Å². The van der Waals surface area contributed by atoms with Crippen LogP contribution in [0.5, 0.6) is 0 Å². The first-order valence-corrected chi connectivity index (χ1v) is 16.2. The maximum Gasteiger partial charge on any atom is 0.341 e. The van der Waals surface area contributed by atoms with Gasteiger partial charge in [-0.05, 0) is 71.4 Å². The molecule has 4 aromatic rings. The molecule has 1 aliphatic rings. The van der Waals surface area contributed by atoms with Crippen LogP contribution in [-0.2, 0) is 23.0 Å². The van der Waals surface area contributed by atoms with Crippen LogP contribution in [0, 0.1) is 11.3 Å². The number of benzene rings is 2. The Morgan fingerprint density at radius 2 is 1.79 bits per heavy atom. The number of carbonyl (C=O) groups excluding carboxylic acids is 2. The number of pyridine rings is 1. The first-order valence-electron chi connectivity index (χ1n) is 14.6. The van der Waals surface area contributed by atoms with Gasteiger partial charge in [-0.1, -0.05) is 88.2 Å². The van der Waals surface area contributed by atoms with E-state index in [4.69, 9.17) is 9.72 Å². The zero-order chi connectivity index (χ0) is 30.4. The second-order valence-corrected chi connectivity index (χ2v) is 15.0. The van der Waals surface area contributed by atoms with Crippen molar-refractivity contribution in [1.82, 2.24) is 4.98 Å². The Bertz CT molecular complexity index is 1660. The van der Waals surface area contributed by atoms with Crippen molar-refractivity contribution in [3.05, 3.63) is 80.1 Å². The van der Waals surface area contributed by atoms with Crippen molar-refractivity contribution >= 4 is 55.0 Å². The number of methoxy groups -OCH3 is 1. The van der Waals surface area contributed by atoms with Gasteiger partial charge in [-0.25, -0.2) is 9.78 Å². The molecule has 42 heavy (non-hydrogen) atoms. The molecule has 5 rings (SSSR count). The van der Waals surface area contributed by atoms with Crippen LogP contribution in [0.3, 0.4) is 0 Å². The summed E-state index contributed by atoms with van der Waals surface area (Å²) in [6, 6.07) is 16.0. The van der Waals surface area contributed by atoms with Crippen LogP contribution in [0.15, 0.2) is 53.0 Å². The van der Waals surface area contributed by atoms with Crippen LogP contribution in [0.4, 0.5) is 5.00 Å². The topological polar surface area (TPSA) is 68.3 Å². The van der Waals surface area contributed by atoms with Crippen LogP contribution < -0.4 is 5.32 Å². The second-order valence-electron chi connectivity index (χ2n) is 13.0. The molecule has 5 nitrogen and oxygen atoms in total. The molecule has 0 fully saturated rings. The molecule has 0 spiro atoms. The van der Waals surface area contributed by atoms with Crippen molar-refractivity contribution < 1.29 is 14.3 Å². The van der Waals surface area contributed by atoms with E-state index in [1.807, 2.05) is 24.3 Å². The van der Waals surface area contributed by atoms with Gasteiger partial charge in [0.2, 0.25) is 0 Å². The summed E-state index contributed by atoms with van der Waals surface area (Å²) >= 11 is 5.07. The Labute approximate surface area is 261 Å². The van der Waals surface area contributed by atoms with Crippen molar-refractivity contribution in [3.8, 4) is 11.3 Å². The number of esters is 1. The summed E-state index contributed by atoms with van der Waals surface area (Å²) in [5.74, 6) is -0.156. The van der Waals surface area contributed by atoms with E-state index >= 15 is 0 Å². The normalized spacial score (nSPS) is 15.4. The molecule has 7 heteroatoms. The van der Waals surface area contributed by atoms with Gasteiger partial charge in [0.15, 0.2) is 0 Å². The molecule has 2 heterocycles. The standard InChI is InChI=1S/C35H39BrN2O3S/c1-8-35(5,6)22-13-15-24-29(17-22)42-32(30(24)33(40)41-7)38-31(39)26-19-28(37-27-16-14-23(36)18-25(26)27)20-9-11-21(12-10-20)34(2,3)4/h9-12,14,16,18-19,22H,8,13,15,17H2,1-7H3,(H,38,39). The minimum Gasteiger partial charge on any atom is -0.465 e. The lowest BCUT2D eigenvalue weighted by atomic mass is 9.69. The Kier molecular flexibility index (Phi) is 8.38. The highest BCUT2D eigenvalue weighted by molar-refractivity contribution is 9.10. The molecule has 0 saturated heterocycles. The maximum absolute atomic E-state index is 14.1. The fourth-order valence-corrected chi connectivity index (χ4v) is 7.46. The fraction of sp³-hybridized carbons (Fsp3) is 0.400. The Hall–Kier alpha value is -3.03. The van der Waals surface area contributed by atoms with Gasteiger partial charge in [0.1, 0.15) is 5.00 Å². The number of amides is 1. The summed E-state index contributed by atoms with van der Waals surface area (Å²) < 4.78 is 6.06. The van der Waals surface area contributed by atoms with Crippen molar-refractivity contribution in [2.45, 2.75) is 72.6 Å². The van der Waals surface area contributed by atoms with E-state index in [2.05, 4.69) is 87.1 Å². The average molecular weight is 648 g/mol. The summed E-state index contributed by atoms with van der Waals surface area (Å²) in [5, 5.41) is 4.42. The lowest BCUT2D eigenvalue weighted by molar-refractivity contribution is 0.0600. The van der Waals surface area contributed by atoms with Gasteiger partial charge < -0.3 is 10.1 Å². The third-order valence-electron chi connectivity index (χ3n) is 8.96. The smallest absolute Gasteiger partial charge is 0.341 e. The zero-order valence-corrected chi connectivity index (χ0v) is 27.9. The number of thiophene rings is 1.